The Morgan fingerprint density at radius 3 is 2.35 bits per heavy atom. The fourth-order valence-electron chi connectivity index (χ4n) is 1.78. The van der Waals surface area contributed by atoms with Crippen LogP contribution in [0.1, 0.15) is 11.1 Å². The molecule has 0 aromatic heterocycles. The van der Waals surface area contributed by atoms with Crippen LogP contribution in [-0.2, 0) is 0 Å². The van der Waals surface area contributed by atoms with Gasteiger partial charge in [-0.1, -0.05) is 29.3 Å². The minimum Gasteiger partial charge on any atom is -0.410 e. The highest BCUT2D eigenvalue weighted by molar-refractivity contribution is 6.32. The summed E-state index contributed by atoms with van der Waals surface area (Å²) in [5.74, 6) is 0.448. The number of ether oxygens (including phenoxy) is 1. The highest BCUT2D eigenvalue weighted by atomic mass is 35.5. The molecule has 0 fully saturated rings. The van der Waals surface area contributed by atoms with Crippen LogP contribution in [0, 0.1) is 13.8 Å². The standard InChI is InChI=1S/C15H13Cl2NO2/c1-9-6-13(7-10(2)14(9)17)20-15(19)18-12-5-3-4-11(16)8-12/h3-8H,1-2H3,(H,18,19). The number of amides is 1. The molecule has 0 aliphatic carbocycles. The topological polar surface area (TPSA) is 38.3 Å². The number of aryl methyl sites for hydroxylation is 2. The summed E-state index contributed by atoms with van der Waals surface area (Å²) in [6.45, 7) is 3.72. The van der Waals surface area contributed by atoms with Crippen LogP contribution in [0.25, 0.3) is 0 Å². The van der Waals surface area contributed by atoms with Crippen molar-refractivity contribution < 1.29 is 9.53 Å². The van der Waals surface area contributed by atoms with Gasteiger partial charge >= 0.3 is 6.09 Å². The molecule has 0 spiro atoms. The molecule has 3 nitrogen and oxygen atoms in total. The molecule has 20 heavy (non-hydrogen) atoms. The van der Waals surface area contributed by atoms with Crippen LogP contribution in [0.15, 0.2) is 36.4 Å². The molecule has 1 amide bonds. The fraction of sp³-hybridized carbons (Fsp3) is 0.133. The molecule has 2 rings (SSSR count). The number of carbonyl (C=O) groups excluding carboxylic acids is 1. The second kappa shape index (κ2) is 6.16. The predicted molar refractivity (Wildman–Crippen MR) is 82.0 cm³/mol. The lowest BCUT2D eigenvalue weighted by Gasteiger charge is -2.09. The minimum atomic E-state index is -0.576. The van der Waals surface area contributed by atoms with E-state index in [9.17, 15) is 4.79 Å². The van der Waals surface area contributed by atoms with Crippen molar-refractivity contribution in [2.45, 2.75) is 13.8 Å². The van der Waals surface area contributed by atoms with E-state index in [2.05, 4.69) is 5.32 Å². The summed E-state index contributed by atoms with van der Waals surface area (Å²) >= 11 is 11.9. The maximum atomic E-state index is 11.8. The summed E-state index contributed by atoms with van der Waals surface area (Å²) in [5, 5.41) is 3.82. The molecule has 0 unspecified atom stereocenters. The quantitative estimate of drug-likeness (QED) is 0.825. The average Bonchev–Trinajstić information content (AvgIpc) is 2.35. The van der Waals surface area contributed by atoms with Crippen molar-refractivity contribution in [2.24, 2.45) is 0 Å². The number of rotatable bonds is 2. The van der Waals surface area contributed by atoms with Gasteiger partial charge in [0.25, 0.3) is 0 Å². The highest BCUT2D eigenvalue weighted by Crippen LogP contribution is 2.26. The molecule has 0 bridgehead atoms. The molecular weight excluding hydrogens is 297 g/mol. The maximum Gasteiger partial charge on any atom is 0.417 e. The molecule has 1 N–H and O–H groups in total. The molecular formula is C15H13Cl2NO2. The summed E-state index contributed by atoms with van der Waals surface area (Å²) in [6.07, 6.45) is -0.576. The van der Waals surface area contributed by atoms with Crippen molar-refractivity contribution in [3.63, 3.8) is 0 Å². The van der Waals surface area contributed by atoms with Gasteiger partial charge in [-0.15, -0.1) is 0 Å². The zero-order chi connectivity index (χ0) is 14.7. The molecule has 0 atom stereocenters. The number of carbonyl (C=O) groups is 1. The lowest BCUT2D eigenvalue weighted by Crippen LogP contribution is -2.16. The van der Waals surface area contributed by atoms with E-state index in [1.807, 2.05) is 13.8 Å². The largest absolute Gasteiger partial charge is 0.417 e. The SMILES string of the molecule is Cc1cc(OC(=O)Nc2cccc(Cl)c2)cc(C)c1Cl. The van der Waals surface area contributed by atoms with Crippen LogP contribution in [0.5, 0.6) is 5.75 Å². The second-order valence-electron chi connectivity index (χ2n) is 4.40. The van der Waals surface area contributed by atoms with Gasteiger partial charge in [0.2, 0.25) is 0 Å². The van der Waals surface area contributed by atoms with Gasteiger partial charge in [0, 0.05) is 15.7 Å². The van der Waals surface area contributed by atoms with Gasteiger partial charge in [-0.3, -0.25) is 5.32 Å². The number of hydrogen-bond donors (Lipinski definition) is 1. The van der Waals surface area contributed by atoms with Gasteiger partial charge in [0.1, 0.15) is 5.75 Å². The second-order valence-corrected chi connectivity index (χ2v) is 5.21. The van der Waals surface area contributed by atoms with Gasteiger partial charge in [-0.05, 0) is 55.3 Å². The van der Waals surface area contributed by atoms with E-state index >= 15 is 0 Å². The minimum absolute atomic E-state index is 0.448. The molecule has 0 radical (unpaired) electrons. The van der Waals surface area contributed by atoms with Gasteiger partial charge in [-0.25, -0.2) is 4.79 Å². The first-order valence-corrected chi connectivity index (χ1v) is 6.72. The summed E-state index contributed by atoms with van der Waals surface area (Å²) in [5.41, 5.74) is 2.29. The van der Waals surface area contributed by atoms with Crippen molar-refractivity contribution >= 4 is 35.0 Å². The molecule has 0 heterocycles. The molecule has 0 saturated heterocycles. The number of benzene rings is 2. The lowest BCUT2D eigenvalue weighted by molar-refractivity contribution is 0.215. The Labute approximate surface area is 127 Å². The summed E-state index contributed by atoms with van der Waals surface area (Å²) in [4.78, 5) is 11.8. The maximum absolute atomic E-state index is 11.8. The third-order valence-electron chi connectivity index (χ3n) is 2.69. The van der Waals surface area contributed by atoms with Crippen LogP contribution in [-0.4, -0.2) is 6.09 Å². The number of halogens is 2. The zero-order valence-electron chi connectivity index (χ0n) is 11.0. The van der Waals surface area contributed by atoms with E-state index in [1.54, 1.807) is 36.4 Å². The molecule has 0 aliphatic rings. The fourth-order valence-corrected chi connectivity index (χ4v) is 2.08. The number of nitrogens with one attached hydrogen (secondary N) is 1. The Kier molecular flexibility index (Phi) is 4.53. The van der Waals surface area contributed by atoms with E-state index in [1.165, 1.54) is 0 Å². The average molecular weight is 310 g/mol. The normalized spacial score (nSPS) is 10.2. The Morgan fingerprint density at radius 1 is 1.10 bits per heavy atom. The summed E-state index contributed by atoms with van der Waals surface area (Å²) in [7, 11) is 0. The van der Waals surface area contributed by atoms with Gasteiger partial charge in [0.15, 0.2) is 0 Å². The van der Waals surface area contributed by atoms with Crippen molar-refractivity contribution in [1.82, 2.24) is 0 Å². The Balaban J connectivity index is 2.09. The molecule has 0 aliphatic heterocycles. The monoisotopic (exact) mass is 309 g/mol. The van der Waals surface area contributed by atoms with Gasteiger partial charge < -0.3 is 4.74 Å². The molecule has 2 aromatic carbocycles. The summed E-state index contributed by atoms with van der Waals surface area (Å²) in [6, 6.07) is 10.3. The smallest absolute Gasteiger partial charge is 0.410 e. The van der Waals surface area contributed by atoms with Crippen molar-refractivity contribution in [3.05, 3.63) is 57.6 Å². The Bertz CT molecular complexity index is 633. The molecule has 2 aromatic rings. The zero-order valence-corrected chi connectivity index (χ0v) is 12.5. The van der Waals surface area contributed by atoms with Crippen LogP contribution in [0.3, 0.4) is 0 Å². The van der Waals surface area contributed by atoms with Gasteiger partial charge in [-0.2, -0.15) is 0 Å². The third kappa shape index (κ3) is 3.65. The van der Waals surface area contributed by atoms with E-state index in [-0.39, 0.29) is 0 Å². The van der Waals surface area contributed by atoms with E-state index in [0.29, 0.717) is 21.5 Å². The van der Waals surface area contributed by atoms with Gasteiger partial charge in [0.05, 0.1) is 0 Å². The third-order valence-corrected chi connectivity index (χ3v) is 3.52. The number of hydrogen-bond acceptors (Lipinski definition) is 2. The first kappa shape index (κ1) is 14.7. The number of anilines is 1. The van der Waals surface area contributed by atoms with Crippen LogP contribution < -0.4 is 10.1 Å². The predicted octanol–water partition coefficient (Wildman–Crippen LogP) is 5.22. The molecule has 5 heteroatoms. The van der Waals surface area contributed by atoms with Crippen LogP contribution >= 0.6 is 23.2 Å². The van der Waals surface area contributed by atoms with E-state index < -0.39 is 6.09 Å². The van der Waals surface area contributed by atoms with Crippen molar-refractivity contribution in [1.29, 1.82) is 0 Å². The Morgan fingerprint density at radius 2 is 1.75 bits per heavy atom. The van der Waals surface area contributed by atoms with E-state index in [0.717, 1.165) is 11.1 Å². The molecule has 0 saturated carbocycles. The van der Waals surface area contributed by atoms with Crippen molar-refractivity contribution in [3.8, 4) is 5.75 Å². The first-order chi connectivity index (χ1) is 9.45. The lowest BCUT2D eigenvalue weighted by atomic mass is 10.1. The molecule has 104 valence electrons. The first-order valence-electron chi connectivity index (χ1n) is 5.97. The summed E-state index contributed by atoms with van der Waals surface area (Å²) < 4.78 is 5.22. The van der Waals surface area contributed by atoms with Crippen LogP contribution in [0.4, 0.5) is 10.5 Å². The Hall–Kier alpha value is -1.71. The van der Waals surface area contributed by atoms with E-state index in [4.69, 9.17) is 27.9 Å². The van der Waals surface area contributed by atoms with Crippen molar-refractivity contribution in [2.75, 3.05) is 5.32 Å². The van der Waals surface area contributed by atoms with Crippen LogP contribution in [0.2, 0.25) is 10.0 Å². The highest BCUT2D eigenvalue weighted by Gasteiger charge is 2.08.